The Morgan fingerprint density at radius 3 is 2.33 bits per heavy atom. The lowest BCUT2D eigenvalue weighted by Gasteiger charge is -2.01. The first-order valence-corrected chi connectivity index (χ1v) is 4.15. The van der Waals surface area contributed by atoms with Crippen LogP contribution >= 0.6 is 0 Å². The molecule has 1 aromatic carbocycles. The highest BCUT2D eigenvalue weighted by atomic mass is 15.3. The SMILES string of the molecule is C=NN/C(C#N)=C(/C#N)c1ccccc1. The topological polar surface area (TPSA) is 72.0 Å². The Bertz CT molecular complexity index is 460. The molecular formula is C11H8N4. The highest BCUT2D eigenvalue weighted by molar-refractivity contribution is 5.81. The molecule has 0 radical (unpaired) electrons. The quantitative estimate of drug-likeness (QED) is 0.454. The molecule has 0 heterocycles. The van der Waals surface area contributed by atoms with E-state index < -0.39 is 0 Å². The van der Waals surface area contributed by atoms with Crippen LogP contribution in [0.15, 0.2) is 41.1 Å². The molecule has 4 nitrogen and oxygen atoms in total. The van der Waals surface area contributed by atoms with Gasteiger partial charge in [0.2, 0.25) is 0 Å². The van der Waals surface area contributed by atoms with Gasteiger partial charge in [-0.1, -0.05) is 30.3 Å². The number of rotatable bonds is 3. The minimum Gasteiger partial charge on any atom is -0.267 e. The van der Waals surface area contributed by atoms with Crippen molar-refractivity contribution in [3.8, 4) is 12.1 Å². The van der Waals surface area contributed by atoms with Crippen LogP contribution in [0.3, 0.4) is 0 Å². The minimum absolute atomic E-state index is 0.0960. The Morgan fingerprint density at radius 2 is 1.87 bits per heavy atom. The smallest absolute Gasteiger partial charge is 0.152 e. The number of benzene rings is 1. The van der Waals surface area contributed by atoms with Gasteiger partial charge >= 0.3 is 0 Å². The van der Waals surface area contributed by atoms with Crippen molar-refractivity contribution in [2.45, 2.75) is 0 Å². The van der Waals surface area contributed by atoms with E-state index in [1.54, 1.807) is 24.3 Å². The van der Waals surface area contributed by atoms with Crippen molar-refractivity contribution in [3.05, 3.63) is 41.6 Å². The molecule has 0 aliphatic heterocycles. The molecule has 1 rings (SSSR count). The summed E-state index contributed by atoms with van der Waals surface area (Å²) < 4.78 is 0. The number of hydrazone groups is 1. The molecule has 0 aromatic heterocycles. The largest absolute Gasteiger partial charge is 0.267 e. The van der Waals surface area contributed by atoms with Crippen molar-refractivity contribution in [2.75, 3.05) is 0 Å². The highest BCUT2D eigenvalue weighted by Crippen LogP contribution is 2.15. The van der Waals surface area contributed by atoms with E-state index in [1.807, 2.05) is 18.2 Å². The lowest BCUT2D eigenvalue weighted by atomic mass is 10.1. The summed E-state index contributed by atoms with van der Waals surface area (Å²) in [6, 6.07) is 12.8. The minimum atomic E-state index is 0.0960. The van der Waals surface area contributed by atoms with Crippen LogP contribution in [0, 0.1) is 22.7 Å². The fourth-order valence-corrected chi connectivity index (χ4v) is 1.09. The second-order valence-corrected chi connectivity index (χ2v) is 2.61. The predicted octanol–water partition coefficient (Wildman–Crippen LogP) is 1.65. The summed E-state index contributed by atoms with van der Waals surface area (Å²) in [4.78, 5) is 0. The summed E-state index contributed by atoms with van der Waals surface area (Å²) in [5, 5.41) is 21.1. The van der Waals surface area contributed by atoms with Gasteiger partial charge in [-0.3, -0.25) is 5.43 Å². The van der Waals surface area contributed by atoms with E-state index in [9.17, 15) is 0 Å². The van der Waals surface area contributed by atoms with Crippen LogP contribution in [0.2, 0.25) is 0 Å². The zero-order valence-electron chi connectivity index (χ0n) is 7.94. The van der Waals surface area contributed by atoms with E-state index >= 15 is 0 Å². The second kappa shape index (κ2) is 5.21. The number of nitrogens with one attached hydrogen (secondary N) is 1. The van der Waals surface area contributed by atoms with Crippen molar-refractivity contribution in [1.82, 2.24) is 5.43 Å². The van der Waals surface area contributed by atoms with E-state index in [0.717, 1.165) is 0 Å². The average molecular weight is 196 g/mol. The first-order valence-electron chi connectivity index (χ1n) is 4.15. The molecule has 0 saturated carbocycles. The molecule has 0 aliphatic carbocycles. The monoisotopic (exact) mass is 196 g/mol. The van der Waals surface area contributed by atoms with E-state index in [0.29, 0.717) is 5.56 Å². The third-order valence-corrected chi connectivity index (χ3v) is 1.73. The van der Waals surface area contributed by atoms with Gasteiger partial charge in [0.15, 0.2) is 5.70 Å². The van der Waals surface area contributed by atoms with Gasteiger partial charge in [-0.05, 0) is 5.56 Å². The molecule has 0 amide bonds. The summed E-state index contributed by atoms with van der Waals surface area (Å²) in [6.45, 7) is 3.20. The first kappa shape index (κ1) is 10.5. The average Bonchev–Trinajstić information content (AvgIpc) is 2.30. The Hall–Kier alpha value is -2.59. The lowest BCUT2D eigenvalue weighted by Crippen LogP contribution is -2.05. The number of nitrogens with zero attached hydrogens (tertiary/aromatic N) is 3. The zero-order valence-corrected chi connectivity index (χ0v) is 7.94. The fraction of sp³-hybridized carbons (Fsp3) is 0. The van der Waals surface area contributed by atoms with Crippen molar-refractivity contribution < 1.29 is 0 Å². The zero-order chi connectivity index (χ0) is 11.1. The maximum atomic E-state index is 8.95. The van der Waals surface area contributed by atoms with Gasteiger partial charge in [-0.25, -0.2) is 0 Å². The van der Waals surface area contributed by atoms with Crippen LogP contribution in [0.5, 0.6) is 0 Å². The van der Waals surface area contributed by atoms with Crippen LogP contribution < -0.4 is 5.43 Å². The standard InChI is InChI=1S/C11H8N4/c1-14-15-11(8-13)10(7-12)9-5-3-2-4-6-9/h2-6,15H,1H2/b11-10-. The molecule has 0 spiro atoms. The van der Waals surface area contributed by atoms with Crippen molar-refractivity contribution in [1.29, 1.82) is 10.5 Å². The van der Waals surface area contributed by atoms with Gasteiger partial charge in [0.05, 0.1) is 5.57 Å². The normalized spacial score (nSPS) is 10.5. The molecule has 72 valence electrons. The maximum Gasteiger partial charge on any atom is 0.152 e. The van der Waals surface area contributed by atoms with Gasteiger partial charge < -0.3 is 0 Å². The van der Waals surface area contributed by atoms with Crippen molar-refractivity contribution in [3.63, 3.8) is 0 Å². The molecule has 1 N–H and O–H groups in total. The molecule has 0 saturated heterocycles. The fourth-order valence-electron chi connectivity index (χ4n) is 1.09. The molecule has 1 aromatic rings. The molecule has 0 fully saturated rings. The summed E-state index contributed by atoms with van der Waals surface area (Å²) in [6.07, 6.45) is 0. The second-order valence-electron chi connectivity index (χ2n) is 2.61. The third-order valence-electron chi connectivity index (χ3n) is 1.73. The molecule has 4 heteroatoms. The van der Waals surface area contributed by atoms with E-state index in [-0.39, 0.29) is 11.3 Å². The molecular weight excluding hydrogens is 188 g/mol. The van der Waals surface area contributed by atoms with Gasteiger partial charge in [-0.15, -0.1) is 0 Å². The lowest BCUT2D eigenvalue weighted by molar-refractivity contribution is 0.937. The maximum absolute atomic E-state index is 8.95. The van der Waals surface area contributed by atoms with Crippen LogP contribution in [0.1, 0.15) is 5.56 Å². The highest BCUT2D eigenvalue weighted by Gasteiger charge is 2.07. The Labute approximate surface area is 87.8 Å². The first-order chi connectivity index (χ1) is 7.33. The van der Waals surface area contributed by atoms with Gasteiger partial charge in [0, 0.05) is 6.72 Å². The summed E-state index contributed by atoms with van der Waals surface area (Å²) in [7, 11) is 0. The van der Waals surface area contributed by atoms with E-state index in [2.05, 4.69) is 17.2 Å². The molecule has 0 bridgehead atoms. The van der Waals surface area contributed by atoms with Crippen molar-refractivity contribution >= 4 is 12.3 Å². The van der Waals surface area contributed by atoms with Crippen molar-refractivity contribution in [2.24, 2.45) is 5.10 Å². The number of nitriles is 2. The third kappa shape index (κ3) is 2.43. The molecule has 0 aliphatic rings. The van der Waals surface area contributed by atoms with Crippen LogP contribution in [-0.4, -0.2) is 6.72 Å². The van der Waals surface area contributed by atoms with Crippen LogP contribution in [0.25, 0.3) is 5.57 Å². The predicted molar refractivity (Wildman–Crippen MR) is 57.3 cm³/mol. The van der Waals surface area contributed by atoms with Crippen LogP contribution in [0.4, 0.5) is 0 Å². The Kier molecular flexibility index (Phi) is 3.64. The summed E-state index contributed by atoms with van der Waals surface area (Å²) in [5.74, 6) is 0. The van der Waals surface area contributed by atoms with Gasteiger partial charge in [0.1, 0.15) is 12.1 Å². The number of allylic oxidation sites excluding steroid dienone is 2. The Morgan fingerprint density at radius 1 is 1.20 bits per heavy atom. The van der Waals surface area contributed by atoms with Gasteiger partial charge in [-0.2, -0.15) is 15.6 Å². The Balaban J connectivity index is 3.26. The molecule has 0 unspecified atom stereocenters. The van der Waals surface area contributed by atoms with Gasteiger partial charge in [0.25, 0.3) is 0 Å². The van der Waals surface area contributed by atoms with Crippen LogP contribution in [-0.2, 0) is 0 Å². The van der Waals surface area contributed by atoms with E-state index in [1.165, 1.54) is 0 Å². The number of hydrogen-bond donors (Lipinski definition) is 1. The summed E-state index contributed by atoms with van der Waals surface area (Å²) >= 11 is 0. The van der Waals surface area contributed by atoms with E-state index in [4.69, 9.17) is 10.5 Å². The summed E-state index contributed by atoms with van der Waals surface area (Å²) in [5.41, 5.74) is 3.42. The number of hydrogen-bond acceptors (Lipinski definition) is 4. The molecule has 15 heavy (non-hydrogen) atoms. The molecule has 0 atom stereocenters.